The van der Waals surface area contributed by atoms with Crippen LogP contribution in [-0.4, -0.2) is 47.7 Å². The standard InChI is InChI=1S/C29H33NO4/c1-22(9-6-12-23-10-4-3-5-11-23)27(31)18-16-26-17-19-28(32)30(26)20-8-14-24-13-7-15-25(21-24)29(33)34-2/h3-5,7,10-11,13,15-16,18,21-22,26-27,31H,8-9,14,17,19-20H2,1-2H3/b18-16+/t22?,26-,27?/m0/s1. The molecule has 0 aliphatic carbocycles. The monoisotopic (exact) mass is 459 g/mol. The molecule has 3 atom stereocenters. The number of hydrogen-bond donors (Lipinski definition) is 1. The van der Waals surface area contributed by atoms with Crippen LogP contribution in [0, 0.1) is 17.8 Å². The van der Waals surface area contributed by atoms with Gasteiger partial charge in [-0.15, -0.1) is 0 Å². The fourth-order valence-corrected chi connectivity index (χ4v) is 4.06. The molecule has 5 heteroatoms. The highest BCUT2D eigenvalue weighted by atomic mass is 16.5. The number of aliphatic hydroxyl groups excluding tert-OH is 1. The Morgan fingerprint density at radius 1 is 1.24 bits per heavy atom. The lowest BCUT2D eigenvalue weighted by Gasteiger charge is -2.23. The minimum absolute atomic E-state index is 0.0000963. The summed E-state index contributed by atoms with van der Waals surface area (Å²) in [6, 6.07) is 17.2. The van der Waals surface area contributed by atoms with E-state index in [1.165, 1.54) is 7.11 Å². The number of aliphatic hydroxyl groups is 1. The van der Waals surface area contributed by atoms with E-state index in [-0.39, 0.29) is 23.8 Å². The number of esters is 1. The van der Waals surface area contributed by atoms with E-state index in [9.17, 15) is 14.7 Å². The van der Waals surface area contributed by atoms with Crippen molar-refractivity contribution in [2.45, 2.75) is 51.2 Å². The maximum absolute atomic E-state index is 12.4. The molecule has 5 nitrogen and oxygen atoms in total. The molecule has 0 spiro atoms. The molecule has 2 aromatic rings. The summed E-state index contributed by atoms with van der Waals surface area (Å²) in [5.74, 6) is 6.07. The van der Waals surface area contributed by atoms with Crippen molar-refractivity contribution in [2.24, 2.45) is 5.92 Å². The van der Waals surface area contributed by atoms with Gasteiger partial charge in [-0.25, -0.2) is 4.79 Å². The van der Waals surface area contributed by atoms with E-state index in [0.29, 0.717) is 24.9 Å². The molecule has 0 aromatic heterocycles. The molecule has 1 N–H and O–H groups in total. The summed E-state index contributed by atoms with van der Waals surface area (Å²) in [4.78, 5) is 26.0. The molecule has 0 saturated carbocycles. The molecule has 1 aliphatic rings. The molecule has 0 radical (unpaired) electrons. The third-order valence-corrected chi connectivity index (χ3v) is 6.13. The molecule has 2 unspecified atom stereocenters. The molecule has 2 aromatic carbocycles. The lowest BCUT2D eigenvalue weighted by Crippen LogP contribution is -2.33. The van der Waals surface area contributed by atoms with Crippen molar-refractivity contribution in [1.29, 1.82) is 0 Å². The largest absolute Gasteiger partial charge is 0.465 e. The summed E-state index contributed by atoms with van der Waals surface area (Å²) in [6.07, 6.45) is 6.63. The van der Waals surface area contributed by atoms with E-state index in [0.717, 1.165) is 30.4 Å². The first-order chi connectivity index (χ1) is 16.5. The lowest BCUT2D eigenvalue weighted by molar-refractivity contribution is -0.128. The molecule has 178 valence electrons. The van der Waals surface area contributed by atoms with Gasteiger partial charge >= 0.3 is 5.97 Å². The smallest absolute Gasteiger partial charge is 0.337 e. The third-order valence-electron chi connectivity index (χ3n) is 6.13. The molecular formula is C29H33NO4. The summed E-state index contributed by atoms with van der Waals surface area (Å²) in [6.45, 7) is 2.62. The summed E-state index contributed by atoms with van der Waals surface area (Å²) in [5, 5.41) is 10.5. The maximum Gasteiger partial charge on any atom is 0.337 e. The number of carbonyl (C=O) groups excluding carboxylic acids is 2. The van der Waals surface area contributed by atoms with E-state index in [2.05, 4.69) is 11.8 Å². The number of rotatable bonds is 9. The van der Waals surface area contributed by atoms with Crippen LogP contribution >= 0.6 is 0 Å². The number of carbonyl (C=O) groups is 2. The molecular weight excluding hydrogens is 426 g/mol. The van der Waals surface area contributed by atoms with Gasteiger partial charge in [0.05, 0.1) is 24.8 Å². The highest BCUT2D eigenvalue weighted by Crippen LogP contribution is 2.22. The second kappa shape index (κ2) is 12.8. The zero-order valence-electron chi connectivity index (χ0n) is 19.9. The summed E-state index contributed by atoms with van der Waals surface area (Å²) in [7, 11) is 1.37. The van der Waals surface area contributed by atoms with Crippen LogP contribution in [0.3, 0.4) is 0 Å². The normalized spacial score (nSPS) is 17.3. The fraction of sp³-hybridized carbons (Fsp3) is 0.379. The molecule has 3 rings (SSSR count). The van der Waals surface area contributed by atoms with E-state index >= 15 is 0 Å². The number of hydrogen-bond acceptors (Lipinski definition) is 4. The summed E-state index contributed by atoms with van der Waals surface area (Å²) >= 11 is 0. The number of methoxy groups -OCH3 is 1. The molecule has 1 aliphatic heterocycles. The SMILES string of the molecule is COC(=O)c1cccc(CCCN2C(=O)CC[C@@H]2/C=C/C(O)C(C)CC#Cc2ccccc2)c1. The van der Waals surface area contributed by atoms with Crippen LogP contribution in [0.4, 0.5) is 0 Å². The van der Waals surface area contributed by atoms with Gasteiger partial charge in [0.25, 0.3) is 0 Å². The van der Waals surface area contributed by atoms with Crippen LogP contribution < -0.4 is 0 Å². The first-order valence-electron chi connectivity index (χ1n) is 11.8. The van der Waals surface area contributed by atoms with Gasteiger partial charge in [0.1, 0.15) is 0 Å². The molecule has 1 heterocycles. The first kappa shape index (κ1) is 25.3. The number of ether oxygens (including phenoxy) is 1. The van der Waals surface area contributed by atoms with Gasteiger partial charge in [-0.05, 0) is 55.0 Å². The van der Waals surface area contributed by atoms with Crippen molar-refractivity contribution >= 4 is 11.9 Å². The van der Waals surface area contributed by atoms with E-state index < -0.39 is 6.10 Å². The van der Waals surface area contributed by atoms with Gasteiger partial charge in [0, 0.05) is 24.9 Å². The van der Waals surface area contributed by atoms with Crippen LogP contribution in [0.5, 0.6) is 0 Å². The van der Waals surface area contributed by atoms with Gasteiger partial charge in [-0.2, -0.15) is 0 Å². The Hall–Kier alpha value is -3.36. The third kappa shape index (κ3) is 7.33. The summed E-state index contributed by atoms with van der Waals surface area (Å²) in [5.41, 5.74) is 2.55. The quantitative estimate of drug-likeness (QED) is 0.343. The number of nitrogens with zero attached hydrogens (tertiary/aromatic N) is 1. The van der Waals surface area contributed by atoms with Gasteiger partial charge in [-0.1, -0.05) is 61.2 Å². The van der Waals surface area contributed by atoms with Gasteiger partial charge in [0.15, 0.2) is 0 Å². The molecule has 1 fully saturated rings. The average Bonchev–Trinajstić information content (AvgIpc) is 3.21. The average molecular weight is 460 g/mol. The van der Waals surface area contributed by atoms with Crippen LogP contribution in [0.15, 0.2) is 66.7 Å². The van der Waals surface area contributed by atoms with Gasteiger partial charge in [0.2, 0.25) is 5.91 Å². The lowest BCUT2D eigenvalue weighted by atomic mass is 9.99. The molecule has 0 bridgehead atoms. The Morgan fingerprint density at radius 3 is 2.79 bits per heavy atom. The predicted molar refractivity (Wildman–Crippen MR) is 133 cm³/mol. The van der Waals surface area contributed by atoms with Crippen LogP contribution in [0.1, 0.15) is 54.1 Å². The Kier molecular flexibility index (Phi) is 9.49. The summed E-state index contributed by atoms with van der Waals surface area (Å²) < 4.78 is 4.78. The maximum atomic E-state index is 12.4. The number of likely N-dealkylation sites (tertiary alicyclic amines) is 1. The number of benzene rings is 2. The number of aryl methyl sites for hydroxylation is 1. The Labute approximate surface area is 202 Å². The van der Waals surface area contributed by atoms with E-state index in [1.807, 2.05) is 72.5 Å². The molecule has 1 saturated heterocycles. The predicted octanol–water partition coefficient (Wildman–Crippen LogP) is 4.39. The zero-order valence-corrected chi connectivity index (χ0v) is 19.9. The minimum Gasteiger partial charge on any atom is -0.465 e. The van der Waals surface area contributed by atoms with Crippen molar-refractivity contribution in [2.75, 3.05) is 13.7 Å². The van der Waals surface area contributed by atoms with Crippen LogP contribution in [0.25, 0.3) is 0 Å². The van der Waals surface area contributed by atoms with Gasteiger partial charge in [-0.3, -0.25) is 4.79 Å². The second-order valence-electron chi connectivity index (χ2n) is 8.71. The fourth-order valence-electron chi connectivity index (χ4n) is 4.06. The van der Waals surface area contributed by atoms with E-state index in [4.69, 9.17) is 4.74 Å². The minimum atomic E-state index is -0.608. The highest BCUT2D eigenvalue weighted by molar-refractivity contribution is 5.89. The van der Waals surface area contributed by atoms with Gasteiger partial charge < -0.3 is 14.7 Å². The van der Waals surface area contributed by atoms with Crippen molar-refractivity contribution in [3.63, 3.8) is 0 Å². The van der Waals surface area contributed by atoms with Crippen molar-refractivity contribution in [3.05, 3.63) is 83.4 Å². The van der Waals surface area contributed by atoms with Crippen molar-refractivity contribution < 1.29 is 19.4 Å². The van der Waals surface area contributed by atoms with Crippen LogP contribution in [-0.2, 0) is 16.0 Å². The Morgan fingerprint density at radius 2 is 2.03 bits per heavy atom. The zero-order chi connectivity index (χ0) is 24.3. The van der Waals surface area contributed by atoms with Crippen molar-refractivity contribution in [1.82, 2.24) is 4.90 Å². The van der Waals surface area contributed by atoms with Crippen molar-refractivity contribution in [3.8, 4) is 11.8 Å². The first-order valence-corrected chi connectivity index (χ1v) is 11.8. The Bertz CT molecular complexity index is 1050. The second-order valence-corrected chi connectivity index (χ2v) is 8.71. The number of amides is 1. The molecule has 1 amide bonds. The van der Waals surface area contributed by atoms with Crippen LogP contribution in [0.2, 0.25) is 0 Å². The van der Waals surface area contributed by atoms with E-state index in [1.54, 1.807) is 6.07 Å². The highest BCUT2D eigenvalue weighted by Gasteiger charge is 2.28. The molecule has 34 heavy (non-hydrogen) atoms. The Balaban J connectivity index is 1.49. The topological polar surface area (TPSA) is 66.8 Å².